The van der Waals surface area contributed by atoms with Crippen LogP contribution in [0, 0.1) is 16.2 Å². The van der Waals surface area contributed by atoms with E-state index in [1.54, 1.807) is 83.1 Å². The van der Waals surface area contributed by atoms with Crippen LogP contribution in [0.4, 0.5) is 9.59 Å². The zero-order valence-corrected chi connectivity index (χ0v) is 62.9. The van der Waals surface area contributed by atoms with E-state index in [9.17, 15) is 43.2 Å². The molecule has 0 saturated carbocycles. The number of carbonyl (C=O) groups excluding carboxylic acids is 14. The number of urea groups is 2. The topological polar surface area (TPSA) is 406 Å². The number of hydrogen-bond donors (Lipinski definition) is 6. The molecule has 1 aromatic rings. The lowest BCUT2D eigenvalue weighted by Crippen LogP contribution is -2.53. The zero-order chi connectivity index (χ0) is 76.2. The molecule has 554 valence electrons. The van der Waals surface area contributed by atoms with E-state index in [2.05, 4.69) is 42.0 Å². The van der Waals surface area contributed by atoms with Crippen LogP contribution in [0.15, 0.2) is 30.3 Å². The summed E-state index contributed by atoms with van der Waals surface area (Å²) < 4.78 is 32.0. The Morgan fingerprint density at radius 3 is 0.938 bits per heavy atom. The first-order chi connectivity index (χ1) is 42.9. The number of nitrogens with one attached hydrogen (secondary N) is 4. The smallest absolute Gasteiger partial charge is 0.373 e. The van der Waals surface area contributed by atoms with E-state index in [4.69, 9.17) is 68.0 Å². The third kappa shape index (κ3) is 66.5. The number of rotatable bonds is 23. The highest BCUT2D eigenvalue weighted by Crippen LogP contribution is 2.26. The molecule has 27 nitrogen and oxygen atoms in total. The van der Waals surface area contributed by atoms with Gasteiger partial charge in [-0.05, 0) is 158 Å². The fourth-order valence-electron chi connectivity index (χ4n) is 7.15. The van der Waals surface area contributed by atoms with Crippen molar-refractivity contribution in [2.75, 3.05) is 0 Å². The molecule has 0 unspecified atom stereocenters. The summed E-state index contributed by atoms with van der Waals surface area (Å²) in [6.07, 6.45) is 2.30. The summed E-state index contributed by atoms with van der Waals surface area (Å²) in [4.78, 5) is 158. The van der Waals surface area contributed by atoms with Crippen molar-refractivity contribution in [3.63, 3.8) is 0 Å². The number of benzene rings is 1. The standard InChI is InChI=1S/C29H46N2O7.C22H40N2O7.C12H25NO2.C2H6.3CO2.ClH/c1-27(2,3)22(16-18-24(33)37-28(4,5)6)31-26(35)30-21(25(34)38-29(7,8)9)15-17-23(32)36-19-20-13-11-10-12-14-20;1-20(2,3)15(11-13-17(27)30-21(4,5)6)24-19(29)23-14(10-12-16(25)26)18(28)31-22(7,8)9;1-11(2,3)9(13)7-8-10(14)15-12(4,5)6;1-2;3*2-1-3;/h10-14,21-22H,15-19H2,1-9H3,(H2,30,31,35);14-15H,10-13H2,1-9H3,(H,25,26)(H2,23,24,29);9H,7-8,13H2,1-6H3;1-2H3;;;;1H/t21-,22-;14-,15-;9-;;;;;/m000...../s1. The van der Waals surface area contributed by atoms with E-state index in [1.807, 2.05) is 106 Å². The van der Waals surface area contributed by atoms with E-state index in [0.717, 1.165) is 5.56 Å². The molecule has 0 aliphatic carbocycles. The van der Waals surface area contributed by atoms with Gasteiger partial charge in [0.15, 0.2) is 0 Å². The summed E-state index contributed by atoms with van der Waals surface area (Å²) in [6, 6.07) is 5.11. The summed E-state index contributed by atoms with van der Waals surface area (Å²) in [5, 5.41) is 19.8. The fourth-order valence-corrected chi connectivity index (χ4v) is 7.15. The fraction of sp³-hybridized carbons (Fsp3) is 0.735. The van der Waals surface area contributed by atoms with Gasteiger partial charge < -0.3 is 60.5 Å². The molecule has 0 spiro atoms. The maximum absolute atomic E-state index is 12.9. The molecule has 0 aliphatic rings. The van der Waals surface area contributed by atoms with Crippen molar-refractivity contribution >= 4 is 84.7 Å². The minimum atomic E-state index is -1.11. The first-order valence-corrected chi connectivity index (χ1v) is 31.3. The van der Waals surface area contributed by atoms with Crippen molar-refractivity contribution in [1.29, 1.82) is 0 Å². The van der Waals surface area contributed by atoms with Crippen molar-refractivity contribution in [2.24, 2.45) is 22.0 Å². The summed E-state index contributed by atoms with van der Waals surface area (Å²) in [5.41, 5.74) is 2.96. The number of carboxylic acid groups (broad SMARTS) is 1. The molecule has 1 rings (SSSR count). The molecule has 0 heterocycles. The van der Waals surface area contributed by atoms with Gasteiger partial charge >= 0.3 is 72.3 Å². The van der Waals surface area contributed by atoms with Crippen LogP contribution in [0.25, 0.3) is 0 Å². The third-order valence-corrected chi connectivity index (χ3v) is 11.5. The van der Waals surface area contributed by atoms with E-state index >= 15 is 0 Å². The van der Waals surface area contributed by atoms with Crippen LogP contribution < -0.4 is 27.0 Å². The molecular weight excluding hydrogens is 1270 g/mol. The quantitative estimate of drug-likeness (QED) is 0.0438. The first-order valence-electron chi connectivity index (χ1n) is 31.3. The van der Waals surface area contributed by atoms with Gasteiger partial charge in [-0.1, -0.05) is 106 Å². The zero-order valence-electron chi connectivity index (χ0n) is 62.1. The maximum Gasteiger partial charge on any atom is 0.373 e. The Balaban J connectivity index is -0.000000243. The summed E-state index contributed by atoms with van der Waals surface area (Å²) in [7, 11) is 0. The number of hydrogen-bond acceptors (Lipinski definition) is 22. The van der Waals surface area contributed by atoms with Crippen molar-refractivity contribution in [1.82, 2.24) is 21.3 Å². The number of amides is 4. The van der Waals surface area contributed by atoms with Gasteiger partial charge in [0.25, 0.3) is 0 Å². The Morgan fingerprint density at radius 1 is 0.406 bits per heavy atom. The number of aliphatic carboxylic acids is 1. The van der Waals surface area contributed by atoms with E-state index in [-0.39, 0.29) is 122 Å². The molecule has 0 radical (unpaired) electrons. The van der Waals surface area contributed by atoms with Crippen molar-refractivity contribution in [3.8, 4) is 0 Å². The van der Waals surface area contributed by atoms with Crippen LogP contribution in [0.2, 0.25) is 0 Å². The Bertz CT molecular complexity index is 2510. The molecule has 0 saturated heterocycles. The number of halogens is 1. The minimum absolute atomic E-state index is 0. The molecule has 28 heteroatoms. The average molecular weight is 1390 g/mol. The Kier molecular flexibility index (Phi) is 53.0. The first kappa shape index (κ1) is 102. The Labute approximate surface area is 576 Å². The van der Waals surface area contributed by atoms with Gasteiger partial charge in [0, 0.05) is 50.2 Å². The lowest BCUT2D eigenvalue weighted by Gasteiger charge is -2.32. The molecule has 0 aliphatic heterocycles. The molecule has 1 aromatic carbocycles. The molecule has 7 N–H and O–H groups in total. The number of ether oxygens (including phenoxy) is 6. The lowest BCUT2D eigenvalue weighted by atomic mass is 9.84. The van der Waals surface area contributed by atoms with Crippen LogP contribution >= 0.6 is 12.4 Å². The Morgan fingerprint density at radius 2 is 0.677 bits per heavy atom. The molecule has 5 atom stereocenters. The summed E-state index contributed by atoms with van der Waals surface area (Å²) >= 11 is 0. The van der Waals surface area contributed by atoms with Gasteiger partial charge in [-0.25, -0.2) is 19.2 Å². The lowest BCUT2D eigenvalue weighted by molar-refractivity contribution is -0.193. The molecular formula is C68H118ClN5O22. The second kappa shape index (κ2) is 49.9. The molecule has 0 bridgehead atoms. The maximum atomic E-state index is 12.9. The highest BCUT2D eigenvalue weighted by molar-refractivity contribution is 5.86. The van der Waals surface area contributed by atoms with Crippen molar-refractivity contribution in [3.05, 3.63) is 35.9 Å². The Hall–Kier alpha value is -7.56. The predicted molar refractivity (Wildman–Crippen MR) is 358 cm³/mol. The van der Waals surface area contributed by atoms with Gasteiger partial charge in [-0.15, -0.1) is 12.4 Å². The van der Waals surface area contributed by atoms with Gasteiger partial charge in [0.1, 0.15) is 46.7 Å². The number of nitrogens with two attached hydrogens (primary N) is 1. The normalized spacial score (nSPS) is 12.6. The second-order valence-corrected chi connectivity index (χ2v) is 29.5. The van der Waals surface area contributed by atoms with Crippen LogP contribution in [0.5, 0.6) is 0 Å². The predicted octanol–water partition coefficient (Wildman–Crippen LogP) is 10.6. The largest absolute Gasteiger partial charge is 0.481 e. The molecule has 0 fully saturated rings. The SMILES string of the molecule is CC.CC(C)(C)OC(=O)CC[C@H](N)C(C)(C)C.CC(C)(C)OC(=O)CC[C@H](NC(=O)N[C@@H](CCC(=O)O)C(=O)OC(C)(C)C)C(C)(C)C.CC(C)(C)OC(=O)CC[C@H](NC(=O)N[C@@H](CCC(=O)OCc1ccccc1)C(=O)OC(C)(C)C)C(C)(C)C.Cl.O=C=O.O=C=O.O=C=O. The van der Waals surface area contributed by atoms with Crippen LogP contribution in [0.1, 0.15) is 250 Å². The third-order valence-electron chi connectivity index (χ3n) is 11.5. The number of carbonyl (C=O) groups is 9. The monoisotopic (exact) mass is 1390 g/mol. The van der Waals surface area contributed by atoms with Gasteiger partial charge in [-0.2, -0.15) is 28.8 Å². The molecule has 96 heavy (non-hydrogen) atoms. The second-order valence-electron chi connectivity index (χ2n) is 29.5. The van der Waals surface area contributed by atoms with Crippen molar-refractivity contribution in [2.45, 2.75) is 309 Å². The van der Waals surface area contributed by atoms with Crippen LogP contribution in [-0.2, 0) is 97.4 Å². The average Bonchev–Trinajstić information content (AvgIpc) is 1.10. The summed E-state index contributed by atoms with van der Waals surface area (Å²) in [6.45, 7) is 48.5. The van der Waals surface area contributed by atoms with Gasteiger partial charge in [0.05, 0.1) is 0 Å². The molecule has 4 amide bonds. The van der Waals surface area contributed by atoms with Crippen molar-refractivity contribution < 1.29 is 105 Å². The number of carboxylic acids is 1. The van der Waals surface area contributed by atoms with E-state index in [0.29, 0.717) is 25.7 Å². The van der Waals surface area contributed by atoms with Gasteiger partial charge in [0.2, 0.25) is 0 Å². The van der Waals surface area contributed by atoms with Crippen LogP contribution in [-0.4, -0.2) is 136 Å². The van der Waals surface area contributed by atoms with Gasteiger partial charge in [-0.3, -0.25) is 24.0 Å². The van der Waals surface area contributed by atoms with Crippen LogP contribution in [0.3, 0.4) is 0 Å². The van der Waals surface area contributed by atoms with E-state index < -0.39 is 82.1 Å². The highest BCUT2D eigenvalue weighted by Gasteiger charge is 2.34. The molecule has 0 aromatic heterocycles. The van der Waals surface area contributed by atoms with E-state index in [1.165, 1.54) is 0 Å². The summed E-state index contributed by atoms with van der Waals surface area (Å²) in [5.74, 6) is -3.81. The highest BCUT2D eigenvalue weighted by atomic mass is 35.5. The minimum Gasteiger partial charge on any atom is -0.481 e. The number of esters is 6.